The zero-order valence-electron chi connectivity index (χ0n) is 10.7. The third kappa shape index (κ3) is 3.91. The molecule has 1 aromatic heterocycles. The predicted molar refractivity (Wildman–Crippen MR) is 77.3 cm³/mol. The monoisotopic (exact) mass is 277 g/mol. The summed E-state index contributed by atoms with van der Waals surface area (Å²) in [5.74, 6) is 1.19. The molecule has 0 bridgehead atoms. The van der Waals surface area contributed by atoms with Gasteiger partial charge < -0.3 is 10.4 Å². The van der Waals surface area contributed by atoms with E-state index in [0.717, 1.165) is 5.56 Å². The number of aromatic nitrogens is 2. The Bertz CT molecular complexity index is 533. The normalized spacial score (nSPS) is 12.2. The van der Waals surface area contributed by atoms with Gasteiger partial charge in [0, 0.05) is 18.2 Å². The predicted octanol–water partition coefficient (Wildman–Crippen LogP) is 2.98. The second-order valence-electron chi connectivity index (χ2n) is 4.21. The number of aliphatic hydroxyl groups is 1. The lowest BCUT2D eigenvalue weighted by Gasteiger charge is -2.11. The molecule has 1 atom stereocenters. The van der Waals surface area contributed by atoms with E-state index in [-0.39, 0.29) is 0 Å². The first-order chi connectivity index (χ1) is 9.19. The van der Waals surface area contributed by atoms with E-state index in [1.165, 1.54) is 0 Å². The SMILES string of the molecule is CCC(O)CNc1cc(Cl)nc(-c2ccccc2)n1. The molecule has 4 nitrogen and oxygen atoms in total. The fourth-order valence-electron chi connectivity index (χ4n) is 1.59. The van der Waals surface area contributed by atoms with Gasteiger partial charge in [0.05, 0.1) is 6.10 Å². The largest absolute Gasteiger partial charge is 0.391 e. The molecule has 0 spiro atoms. The summed E-state index contributed by atoms with van der Waals surface area (Å²) < 4.78 is 0. The molecule has 1 heterocycles. The zero-order chi connectivity index (χ0) is 13.7. The standard InChI is InChI=1S/C14H16ClN3O/c1-2-11(19)9-16-13-8-12(15)17-14(18-13)10-6-4-3-5-7-10/h3-8,11,19H,2,9H2,1H3,(H,16,17,18). The van der Waals surface area contributed by atoms with E-state index in [2.05, 4.69) is 15.3 Å². The highest BCUT2D eigenvalue weighted by Crippen LogP contribution is 2.19. The second kappa shape index (κ2) is 6.50. The first-order valence-corrected chi connectivity index (χ1v) is 6.58. The fourth-order valence-corrected chi connectivity index (χ4v) is 1.77. The van der Waals surface area contributed by atoms with Crippen LogP contribution in [-0.2, 0) is 0 Å². The number of halogens is 1. The lowest BCUT2D eigenvalue weighted by molar-refractivity contribution is 0.183. The van der Waals surface area contributed by atoms with Gasteiger partial charge in [-0.3, -0.25) is 0 Å². The van der Waals surface area contributed by atoms with Gasteiger partial charge in [-0.1, -0.05) is 48.9 Å². The van der Waals surface area contributed by atoms with Crippen molar-refractivity contribution in [1.29, 1.82) is 0 Å². The van der Waals surface area contributed by atoms with Crippen LogP contribution in [0.2, 0.25) is 5.15 Å². The molecule has 1 aromatic carbocycles. The van der Waals surface area contributed by atoms with Crippen molar-refractivity contribution in [2.24, 2.45) is 0 Å². The van der Waals surface area contributed by atoms with Crippen molar-refractivity contribution in [3.8, 4) is 11.4 Å². The van der Waals surface area contributed by atoms with Crippen LogP contribution in [0.4, 0.5) is 5.82 Å². The van der Waals surface area contributed by atoms with Gasteiger partial charge in [-0.2, -0.15) is 0 Å². The number of hydrogen-bond donors (Lipinski definition) is 2. The highest BCUT2D eigenvalue weighted by Gasteiger charge is 2.07. The third-order valence-corrected chi connectivity index (χ3v) is 2.91. The maximum absolute atomic E-state index is 9.54. The van der Waals surface area contributed by atoms with Crippen LogP contribution < -0.4 is 5.32 Å². The maximum Gasteiger partial charge on any atom is 0.163 e. The summed E-state index contributed by atoms with van der Waals surface area (Å²) in [7, 11) is 0. The van der Waals surface area contributed by atoms with Crippen molar-refractivity contribution < 1.29 is 5.11 Å². The summed E-state index contributed by atoms with van der Waals surface area (Å²) in [5, 5.41) is 13.0. The molecule has 0 amide bonds. The molecule has 100 valence electrons. The molecular formula is C14H16ClN3O. The Morgan fingerprint density at radius 3 is 2.68 bits per heavy atom. The molecule has 5 heteroatoms. The molecule has 0 saturated carbocycles. The zero-order valence-corrected chi connectivity index (χ0v) is 11.4. The smallest absolute Gasteiger partial charge is 0.163 e. The van der Waals surface area contributed by atoms with Crippen LogP contribution in [0.15, 0.2) is 36.4 Å². The molecule has 0 radical (unpaired) electrons. The Hall–Kier alpha value is -1.65. The number of nitrogens with zero attached hydrogens (tertiary/aromatic N) is 2. The van der Waals surface area contributed by atoms with Gasteiger partial charge in [-0.05, 0) is 6.42 Å². The highest BCUT2D eigenvalue weighted by atomic mass is 35.5. The summed E-state index contributed by atoms with van der Waals surface area (Å²) in [6.07, 6.45) is 0.297. The van der Waals surface area contributed by atoms with Gasteiger partial charge in [-0.15, -0.1) is 0 Å². The summed E-state index contributed by atoms with van der Waals surface area (Å²) >= 11 is 6.00. The van der Waals surface area contributed by atoms with Crippen LogP contribution in [0, 0.1) is 0 Å². The summed E-state index contributed by atoms with van der Waals surface area (Å²) in [4.78, 5) is 8.60. The molecule has 0 aliphatic carbocycles. The lowest BCUT2D eigenvalue weighted by Crippen LogP contribution is -2.18. The van der Waals surface area contributed by atoms with Crippen molar-refractivity contribution in [1.82, 2.24) is 9.97 Å². The van der Waals surface area contributed by atoms with E-state index in [9.17, 15) is 5.11 Å². The molecule has 0 saturated heterocycles. The number of benzene rings is 1. The first-order valence-electron chi connectivity index (χ1n) is 6.21. The Kier molecular flexibility index (Phi) is 4.71. The minimum Gasteiger partial charge on any atom is -0.391 e. The molecule has 0 fully saturated rings. The van der Waals surface area contributed by atoms with Crippen molar-refractivity contribution in [3.05, 3.63) is 41.6 Å². The second-order valence-corrected chi connectivity index (χ2v) is 4.60. The van der Waals surface area contributed by atoms with E-state index in [1.807, 2.05) is 37.3 Å². The Morgan fingerprint density at radius 1 is 1.26 bits per heavy atom. The van der Waals surface area contributed by atoms with Gasteiger partial charge in [0.15, 0.2) is 5.82 Å². The lowest BCUT2D eigenvalue weighted by atomic mass is 10.2. The quantitative estimate of drug-likeness (QED) is 0.825. The van der Waals surface area contributed by atoms with E-state index >= 15 is 0 Å². The number of anilines is 1. The van der Waals surface area contributed by atoms with Crippen LogP contribution in [0.1, 0.15) is 13.3 Å². The van der Waals surface area contributed by atoms with E-state index < -0.39 is 6.10 Å². The van der Waals surface area contributed by atoms with Crippen LogP contribution in [0.5, 0.6) is 0 Å². The van der Waals surface area contributed by atoms with Gasteiger partial charge in [-0.25, -0.2) is 9.97 Å². The number of rotatable bonds is 5. The summed E-state index contributed by atoms with van der Waals surface area (Å²) in [5.41, 5.74) is 0.907. The van der Waals surface area contributed by atoms with Crippen molar-refractivity contribution in [2.75, 3.05) is 11.9 Å². The molecule has 2 N–H and O–H groups in total. The Morgan fingerprint density at radius 2 is 2.00 bits per heavy atom. The Balaban J connectivity index is 2.20. The number of nitrogens with one attached hydrogen (secondary N) is 1. The average molecular weight is 278 g/mol. The van der Waals surface area contributed by atoms with Crippen LogP contribution in [0.3, 0.4) is 0 Å². The topological polar surface area (TPSA) is 58.0 Å². The molecule has 2 aromatic rings. The van der Waals surface area contributed by atoms with E-state index in [1.54, 1.807) is 6.07 Å². The number of aliphatic hydroxyl groups excluding tert-OH is 1. The van der Waals surface area contributed by atoms with Crippen molar-refractivity contribution in [3.63, 3.8) is 0 Å². The number of hydrogen-bond acceptors (Lipinski definition) is 4. The van der Waals surface area contributed by atoms with Gasteiger partial charge in [0.25, 0.3) is 0 Å². The van der Waals surface area contributed by atoms with Crippen LogP contribution in [-0.4, -0.2) is 27.7 Å². The van der Waals surface area contributed by atoms with Crippen LogP contribution >= 0.6 is 11.6 Å². The minimum atomic E-state index is -0.395. The van der Waals surface area contributed by atoms with Crippen LogP contribution in [0.25, 0.3) is 11.4 Å². The van der Waals surface area contributed by atoms with Gasteiger partial charge in [0.1, 0.15) is 11.0 Å². The van der Waals surface area contributed by atoms with Gasteiger partial charge in [0.2, 0.25) is 0 Å². The molecule has 1 unspecified atom stereocenters. The van der Waals surface area contributed by atoms with Gasteiger partial charge >= 0.3 is 0 Å². The summed E-state index contributed by atoms with van der Waals surface area (Å²) in [6.45, 7) is 2.37. The fraction of sp³-hybridized carbons (Fsp3) is 0.286. The van der Waals surface area contributed by atoms with E-state index in [0.29, 0.717) is 29.8 Å². The third-order valence-electron chi connectivity index (χ3n) is 2.72. The molecule has 2 rings (SSSR count). The average Bonchev–Trinajstić information content (AvgIpc) is 2.45. The maximum atomic E-state index is 9.54. The first kappa shape index (κ1) is 13.8. The van der Waals surface area contributed by atoms with E-state index in [4.69, 9.17) is 11.6 Å². The molecule has 0 aliphatic heterocycles. The highest BCUT2D eigenvalue weighted by molar-refractivity contribution is 6.29. The Labute approximate surface area is 117 Å². The van der Waals surface area contributed by atoms with Crippen molar-refractivity contribution >= 4 is 17.4 Å². The van der Waals surface area contributed by atoms with Crippen molar-refractivity contribution in [2.45, 2.75) is 19.4 Å². The molecule has 0 aliphatic rings. The minimum absolute atomic E-state index is 0.377. The summed E-state index contributed by atoms with van der Waals surface area (Å²) in [6, 6.07) is 11.3. The molecule has 19 heavy (non-hydrogen) atoms. The molecular weight excluding hydrogens is 262 g/mol.